The first-order valence-corrected chi connectivity index (χ1v) is 4.01. The highest BCUT2D eigenvalue weighted by atomic mass is 13.9. The van der Waals surface area contributed by atoms with Gasteiger partial charge in [-0.15, -0.1) is 0 Å². The van der Waals surface area contributed by atoms with Crippen molar-refractivity contribution in [3.8, 4) is 0 Å². The average Bonchev–Trinajstić information content (AvgIpc) is 2.06. The first-order valence-electron chi connectivity index (χ1n) is 4.01. The molecule has 0 bridgehead atoms. The van der Waals surface area contributed by atoms with E-state index in [9.17, 15) is 0 Å². The fourth-order valence-corrected chi connectivity index (χ4v) is 0.878. The molecule has 0 heterocycles. The summed E-state index contributed by atoms with van der Waals surface area (Å²) in [5, 5.41) is 0. The van der Waals surface area contributed by atoms with Crippen molar-refractivity contribution in [2.45, 2.75) is 13.8 Å². The fourth-order valence-electron chi connectivity index (χ4n) is 0.878. The highest BCUT2D eigenvalue weighted by molar-refractivity contribution is 5.39. The van der Waals surface area contributed by atoms with Crippen LogP contribution in [0, 0.1) is 0 Å². The van der Waals surface area contributed by atoms with Crippen LogP contribution in [0.25, 0.3) is 0 Å². The quantitative estimate of drug-likeness (QED) is 0.549. The van der Waals surface area contributed by atoms with Crippen molar-refractivity contribution in [3.05, 3.63) is 60.8 Å². The predicted octanol–water partition coefficient (Wildman–Crippen LogP) is 3.81. The smallest absolute Gasteiger partial charge is 0.0233 e. The third kappa shape index (κ3) is 3.77. The van der Waals surface area contributed by atoms with Gasteiger partial charge < -0.3 is 0 Å². The summed E-state index contributed by atoms with van der Waals surface area (Å²) in [4.78, 5) is 0. The van der Waals surface area contributed by atoms with E-state index in [1.54, 1.807) is 6.08 Å². The van der Waals surface area contributed by atoms with Crippen molar-refractivity contribution < 1.29 is 0 Å². The molecule has 0 amide bonds. The first kappa shape index (κ1) is 10.7. The van der Waals surface area contributed by atoms with E-state index in [0.29, 0.717) is 0 Å². The molecule has 0 aliphatic heterocycles. The SMILES string of the molecule is C=C\C=C/C(C=C)=C(C)/C=C\C. The van der Waals surface area contributed by atoms with Crippen molar-refractivity contribution in [2.75, 3.05) is 0 Å². The fraction of sp³-hybridized carbons (Fsp3) is 0.167. The lowest BCUT2D eigenvalue weighted by Crippen LogP contribution is -1.76. The van der Waals surface area contributed by atoms with Gasteiger partial charge in [-0.2, -0.15) is 0 Å². The molecule has 0 nitrogen and oxygen atoms in total. The number of rotatable bonds is 4. The van der Waals surface area contributed by atoms with Gasteiger partial charge in [-0.05, 0) is 25.0 Å². The van der Waals surface area contributed by atoms with Crippen LogP contribution >= 0.6 is 0 Å². The van der Waals surface area contributed by atoms with Crippen LogP contribution in [0.3, 0.4) is 0 Å². The average molecular weight is 160 g/mol. The molecule has 0 unspecified atom stereocenters. The van der Waals surface area contributed by atoms with Crippen molar-refractivity contribution in [1.82, 2.24) is 0 Å². The second kappa shape index (κ2) is 6.41. The molecule has 0 atom stereocenters. The molecule has 0 N–H and O–H groups in total. The van der Waals surface area contributed by atoms with Gasteiger partial charge in [0.25, 0.3) is 0 Å². The van der Waals surface area contributed by atoms with Crippen LogP contribution in [0.1, 0.15) is 13.8 Å². The minimum atomic E-state index is 1.13. The molecule has 0 spiro atoms. The molecular formula is C12H16. The Morgan fingerprint density at radius 3 is 2.25 bits per heavy atom. The Balaban J connectivity index is 4.72. The molecule has 0 heteroatoms. The Hall–Kier alpha value is -1.30. The van der Waals surface area contributed by atoms with Crippen molar-refractivity contribution in [1.29, 1.82) is 0 Å². The lowest BCUT2D eigenvalue weighted by Gasteiger charge is -1.96. The highest BCUT2D eigenvalue weighted by Gasteiger charge is 1.88. The molecular weight excluding hydrogens is 144 g/mol. The molecule has 0 radical (unpaired) electrons. The lowest BCUT2D eigenvalue weighted by atomic mass is 10.1. The van der Waals surface area contributed by atoms with E-state index >= 15 is 0 Å². The van der Waals surface area contributed by atoms with Gasteiger partial charge in [0.2, 0.25) is 0 Å². The van der Waals surface area contributed by atoms with Crippen LogP contribution in [0.5, 0.6) is 0 Å². The summed E-state index contributed by atoms with van der Waals surface area (Å²) in [5.41, 5.74) is 2.35. The van der Waals surface area contributed by atoms with Crippen LogP contribution in [-0.4, -0.2) is 0 Å². The summed E-state index contributed by atoms with van der Waals surface area (Å²) in [6, 6.07) is 0. The van der Waals surface area contributed by atoms with Gasteiger partial charge in [-0.3, -0.25) is 0 Å². The van der Waals surface area contributed by atoms with Gasteiger partial charge in [0, 0.05) is 0 Å². The van der Waals surface area contributed by atoms with E-state index in [0.717, 1.165) is 5.57 Å². The summed E-state index contributed by atoms with van der Waals surface area (Å²) in [6.45, 7) is 11.4. The molecule has 0 aromatic heterocycles. The third-order valence-corrected chi connectivity index (χ3v) is 1.50. The molecule has 0 aromatic rings. The summed E-state index contributed by atoms with van der Waals surface area (Å²) < 4.78 is 0. The monoisotopic (exact) mass is 160 g/mol. The van der Waals surface area contributed by atoms with Crippen LogP contribution in [0.4, 0.5) is 0 Å². The number of hydrogen-bond donors (Lipinski definition) is 0. The van der Waals surface area contributed by atoms with Crippen LogP contribution in [0.15, 0.2) is 60.8 Å². The Morgan fingerprint density at radius 1 is 1.17 bits per heavy atom. The van der Waals surface area contributed by atoms with Crippen molar-refractivity contribution in [3.63, 3.8) is 0 Å². The van der Waals surface area contributed by atoms with E-state index in [-0.39, 0.29) is 0 Å². The maximum Gasteiger partial charge on any atom is -0.0233 e. The van der Waals surface area contributed by atoms with Gasteiger partial charge in [-0.25, -0.2) is 0 Å². The van der Waals surface area contributed by atoms with E-state index in [1.807, 2.05) is 31.2 Å². The lowest BCUT2D eigenvalue weighted by molar-refractivity contribution is 1.44. The molecule has 64 valence electrons. The minimum Gasteiger partial charge on any atom is -0.0991 e. The Bertz CT molecular complexity index is 237. The predicted molar refractivity (Wildman–Crippen MR) is 57.0 cm³/mol. The molecule has 0 saturated carbocycles. The van der Waals surface area contributed by atoms with Crippen LogP contribution in [0.2, 0.25) is 0 Å². The Kier molecular flexibility index (Phi) is 5.72. The second-order valence-corrected chi connectivity index (χ2v) is 2.44. The van der Waals surface area contributed by atoms with Gasteiger partial charge >= 0.3 is 0 Å². The summed E-state index contributed by atoms with van der Waals surface area (Å²) in [5.74, 6) is 0. The minimum absolute atomic E-state index is 1.13. The zero-order chi connectivity index (χ0) is 9.40. The Labute approximate surface area is 75.3 Å². The van der Waals surface area contributed by atoms with Gasteiger partial charge in [-0.1, -0.05) is 49.6 Å². The van der Waals surface area contributed by atoms with E-state index in [1.165, 1.54) is 5.57 Å². The van der Waals surface area contributed by atoms with E-state index < -0.39 is 0 Å². The third-order valence-electron chi connectivity index (χ3n) is 1.50. The molecule has 0 aromatic carbocycles. The van der Waals surface area contributed by atoms with Gasteiger partial charge in [0.1, 0.15) is 0 Å². The van der Waals surface area contributed by atoms with Crippen molar-refractivity contribution >= 4 is 0 Å². The summed E-state index contributed by atoms with van der Waals surface area (Å²) >= 11 is 0. The van der Waals surface area contributed by atoms with E-state index in [4.69, 9.17) is 0 Å². The molecule has 0 aliphatic rings. The highest BCUT2D eigenvalue weighted by Crippen LogP contribution is 2.08. The standard InChI is InChI=1S/C12H16/c1-5-8-10-12(7-3)11(4)9-6-2/h5-10H,1,3H2,2,4H3/b9-6-,10-8-,12-11+. The van der Waals surface area contributed by atoms with Crippen LogP contribution < -0.4 is 0 Å². The number of hydrogen-bond acceptors (Lipinski definition) is 0. The molecule has 12 heavy (non-hydrogen) atoms. The van der Waals surface area contributed by atoms with E-state index in [2.05, 4.69) is 26.2 Å². The summed E-state index contributed by atoms with van der Waals surface area (Å²) in [7, 11) is 0. The Morgan fingerprint density at radius 2 is 1.83 bits per heavy atom. The largest absolute Gasteiger partial charge is 0.0991 e. The maximum absolute atomic E-state index is 3.74. The van der Waals surface area contributed by atoms with Crippen LogP contribution in [-0.2, 0) is 0 Å². The molecule has 0 fully saturated rings. The molecule has 0 aliphatic carbocycles. The first-order chi connectivity index (χ1) is 5.76. The van der Waals surface area contributed by atoms with Crippen molar-refractivity contribution in [2.24, 2.45) is 0 Å². The number of allylic oxidation sites excluding steroid dienone is 8. The van der Waals surface area contributed by atoms with Gasteiger partial charge in [0.15, 0.2) is 0 Å². The summed E-state index contributed by atoms with van der Waals surface area (Å²) in [6.07, 6.45) is 11.6. The second-order valence-electron chi connectivity index (χ2n) is 2.44. The zero-order valence-corrected chi connectivity index (χ0v) is 7.88. The van der Waals surface area contributed by atoms with Gasteiger partial charge in [0.05, 0.1) is 0 Å². The normalized spacial score (nSPS) is 13.5. The molecule has 0 saturated heterocycles. The topological polar surface area (TPSA) is 0 Å². The maximum atomic E-state index is 3.74. The molecule has 0 rings (SSSR count). The zero-order valence-electron chi connectivity index (χ0n) is 7.88.